The first-order valence-corrected chi connectivity index (χ1v) is 11.6. The van der Waals surface area contributed by atoms with Crippen LogP contribution >= 0.6 is 11.6 Å². The molecule has 1 aliphatic heterocycles. The summed E-state index contributed by atoms with van der Waals surface area (Å²) in [5.41, 5.74) is 3.18. The lowest BCUT2D eigenvalue weighted by molar-refractivity contribution is -0.00901. The Labute approximate surface area is 196 Å². The monoisotopic (exact) mass is 462 g/mol. The van der Waals surface area contributed by atoms with Crippen molar-refractivity contribution in [3.63, 3.8) is 0 Å². The number of methoxy groups -OCH3 is 1. The van der Waals surface area contributed by atoms with Gasteiger partial charge in [-0.1, -0.05) is 23.7 Å². The maximum atomic E-state index is 10.3. The highest BCUT2D eigenvalue weighted by atomic mass is 35.5. The summed E-state index contributed by atoms with van der Waals surface area (Å²) in [6.07, 6.45) is 0.374. The van der Waals surface area contributed by atoms with Crippen molar-refractivity contribution in [3.05, 3.63) is 51.9 Å². The van der Waals surface area contributed by atoms with E-state index < -0.39 is 6.10 Å². The third kappa shape index (κ3) is 7.12. The van der Waals surface area contributed by atoms with E-state index in [0.29, 0.717) is 19.8 Å². The first-order valence-electron chi connectivity index (χ1n) is 11.2. The van der Waals surface area contributed by atoms with Crippen molar-refractivity contribution in [1.29, 1.82) is 0 Å². The van der Waals surface area contributed by atoms with Crippen LogP contribution in [0.5, 0.6) is 0 Å². The van der Waals surface area contributed by atoms with Crippen LogP contribution in [0.3, 0.4) is 0 Å². The van der Waals surface area contributed by atoms with Crippen LogP contribution in [0.15, 0.2) is 24.3 Å². The fourth-order valence-electron chi connectivity index (χ4n) is 3.94. The fraction of sp³-hybridized carbons (Fsp3) is 0.583. The minimum absolute atomic E-state index is 0.128. The number of halogens is 1. The second kappa shape index (κ2) is 11.9. The van der Waals surface area contributed by atoms with Crippen LogP contribution in [0, 0.1) is 6.92 Å². The molecule has 0 aliphatic carbocycles. The lowest BCUT2D eigenvalue weighted by Crippen LogP contribution is -2.49. The molecule has 0 radical (unpaired) electrons. The van der Waals surface area contributed by atoms with Gasteiger partial charge in [-0.3, -0.25) is 4.90 Å². The molecule has 1 aromatic heterocycles. The molecule has 1 N–H and O–H groups in total. The zero-order valence-electron chi connectivity index (χ0n) is 19.6. The van der Waals surface area contributed by atoms with Crippen molar-refractivity contribution in [2.75, 3.05) is 51.3 Å². The molecule has 0 amide bonds. The molecule has 1 saturated heterocycles. The smallest absolute Gasteiger partial charge is 0.136 e. The van der Waals surface area contributed by atoms with Crippen LogP contribution in [0.25, 0.3) is 0 Å². The highest BCUT2D eigenvalue weighted by Crippen LogP contribution is 2.26. The van der Waals surface area contributed by atoms with E-state index in [1.165, 1.54) is 0 Å². The number of aromatic nitrogens is 2. The number of aliphatic hydroxyl groups is 1. The van der Waals surface area contributed by atoms with Gasteiger partial charge in [0, 0.05) is 56.8 Å². The number of ether oxygens (including phenoxy) is 2. The Morgan fingerprint density at radius 1 is 1.09 bits per heavy atom. The first kappa shape index (κ1) is 24.9. The topological polar surface area (TPSA) is 71.0 Å². The second-order valence-corrected chi connectivity index (χ2v) is 9.02. The molecule has 1 aliphatic rings. The van der Waals surface area contributed by atoms with Crippen LogP contribution in [0.1, 0.15) is 36.5 Å². The van der Waals surface area contributed by atoms with Gasteiger partial charge in [-0.2, -0.15) is 0 Å². The van der Waals surface area contributed by atoms with Gasteiger partial charge >= 0.3 is 0 Å². The van der Waals surface area contributed by atoms with E-state index in [4.69, 9.17) is 26.1 Å². The molecular weight excluding hydrogens is 428 g/mol. The lowest BCUT2D eigenvalue weighted by atomic mass is 10.0. The zero-order valence-corrected chi connectivity index (χ0v) is 20.3. The largest absolute Gasteiger partial charge is 0.389 e. The number of aryl methyl sites for hydroxylation is 1. The summed E-state index contributed by atoms with van der Waals surface area (Å²) in [6, 6.07) is 7.91. The summed E-state index contributed by atoms with van der Waals surface area (Å²) in [5, 5.41) is 11.0. The SMILES string of the molecule is COCc1nc(C)nc(N2CCN(CC(O)COC(C)C)CC2)c1Cc1ccc(Cl)cc1. The Kier molecular flexibility index (Phi) is 9.25. The van der Waals surface area contributed by atoms with E-state index in [-0.39, 0.29) is 6.10 Å². The van der Waals surface area contributed by atoms with Gasteiger partial charge in [-0.05, 0) is 38.5 Å². The maximum absolute atomic E-state index is 10.3. The predicted octanol–water partition coefficient (Wildman–Crippen LogP) is 3.08. The predicted molar refractivity (Wildman–Crippen MR) is 127 cm³/mol. The molecule has 7 nitrogen and oxygen atoms in total. The summed E-state index contributed by atoms with van der Waals surface area (Å²) >= 11 is 6.07. The molecule has 2 aromatic rings. The van der Waals surface area contributed by atoms with E-state index in [9.17, 15) is 5.11 Å². The molecule has 2 heterocycles. The van der Waals surface area contributed by atoms with Crippen molar-refractivity contribution in [2.24, 2.45) is 0 Å². The van der Waals surface area contributed by atoms with Crippen molar-refractivity contribution in [2.45, 2.75) is 46.0 Å². The number of anilines is 1. The van der Waals surface area contributed by atoms with Crippen molar-refractivity contribution >= 4 is 17.4 Å². The Morgan fingerprint density at radius 2 is 1.78 bits per heavy atom. The molecular formula is C24H35ClN4O3. The Morgan fingerprint density at radius 3 is 2.41 bits per heavy atom. The molecule has 1 aromatic carbocycles. The summed E-state index contributed by atoms with van der Waals surface area (Å²) in [5.74, 6) is 1.72. The van der Waals surface area contributed by atoms with Crippen LogP contribution in [-0.4, -0.2) is 78.6 Å². The van der Waals surface area contributed by atoms with E-state index in [1.54, 1.807) is 7.11 Å². The minimum atomic E-state index is -0.473. The number of rotatable bonds is 10. The van der Waals surface area contributed by atoms with Gasteiger partial charge in [0.2, 0.25) is 0 Å². The maximum Gasteiger partial charge on any atom is 0.136 e. The summed E-state index contributed by atoms with van der Waals surface area (Å²) < 4.78 is 11.0. The summed E-state index contributed by atoms with van der Waals surface area (Å²) in [7, 11) is 1.69. The highest BCUT2D eigenvalue weighted by Gasteiger charge is 2.24. The van der Waals surface area contributed by atoms with Crippen LogP contribution in [0.4, 0.5) is 5.82 Å². The Hall–Kier alpha value is -1.77. The normalized spacial score (nSPS) is 16.0. The molecule has 0 saturated carbocycles. The van der Waals surface area contributed by atoms with E-state index in [2.05, 4.69) is 14.8 Å². The molecule has 1 fully saturated rings. The van der Waals surface area contributed by atoms with Crippen molar-refractivity contribution in [1.82, 2.24) is 14.9 Å². The second-order valence-electron chi connectivity index (χ2n) is 8.58. The van der Waals surface area contributed by atoms with Crippen LogP contribution < -0.4 is 4.90 Å². The van der Waals surface area contributed by atoms with E-state index >= 15 is 0 Å². The minimum Gasteiger partial charge on any atom is -0.389 e. The molecule has 32 heavy (non-hydrogen) atoms. The first-order chi connectivity index (χ1) is 15.4. The number of hydrogen-bond donors (Lipinski definition) is 1. The standard InChI is InChI=1S/C24H35ClN4O3/c1-17(2)32-15-21(30)14-28-9-11-29(12-10-28)24-22(13-19-5-7-20(25)8-6-19)23(16-31-4)26-18(3)27-24/h5-8,17,21,30H,9-16H2,1-4H3. The van der Waals surface area contributed by atoms with Gasteiger partial charge in [0.25, 0.3) is 0 Å². The van der Waals surface area contributed by atoms with E-state index in [0.717, 1.165) is 66.1 Å². The number of piperazine rings is 1. The quantitative estimate of drug-likeness (QED) is 0.581. The van der Waals surface area contributed by atoms with Gasteiger partial charge in [0.1, 0.15) is 11.6 Å². The summed E-state index contributed by atoms with van der Waals surface area (Å²) in [6.45, 7) is 10.7. The summed E-state index contributed by atoms with van der Waals surface area (Å²) in [4.78, 5) is 14.1. The Balaban J connectivity index is 1.73. The van der Waals surface area contributed by atoms with Crippen LogP contribution in [-0.2, 0) is 22.5 Å². The van der Waals surface area contributed by atoms with Gasteiger partial charge in [-0.25, -0.2) is 9.97 Å². The third-order valence-corrected chi connectivity index (χ3v) is 5.77. The molecule has 0 spiro atoms. The number of nitrogens with zero attached hydrogens (tertiary/aromatic N) is 4. The van der Waals surface area contributed by atoms with E-state index in [1.807, 2.05) is 45.0 Å². The van der Waals surface area contributed by atoms with Gasteiger partial charge in [0.15, 0.2) is 0 Å². The molecule has 1 unspecified atom stereocenters. The number of hydrogen-bond acceptors (Lipinski definition) is 7. The van der Waals surface area contributed by atoms with Gasteiger partial charge in [-0.15, -0.1) is 0 Å². The number of β-amino-alcohol motifs (C(OH)–C–C–N with tert-alkyl or cyclic N) is 1. The Bertz CT molecular complexity index is 855. The molecule has 0 bridgehead atoms. The zero-order chi connectivity index (χ0) is 23.1. The molecule has 8 heteroatoms. The van der Waals surface area contributed by atoms with Gasteiger partial charge in [0.05, 0.1) is 31.1 Å². The number of aliphatic hydroxyl groups excluding tert-OH is 1. The molecule has 3 rings (SSSR count). The van der Waals surface area contributed by atoms with Crippen LogP contribution in [0.2, 0.25) is 5.02 Å². The number of benzene rings is 1. The average molecular weight is 463 g/mol. The molecule has 1 atom stereocenters. The van der Waals surface area contributed by atoms with Crippen molar-refractivity contribution < 1.29 is 14.6 Å². The van der Waals surface area contributed by atoms with Gasteiger partial charge < -0.3 is 19.5 Å². The van der Waals surface area contributed by atoms with Crippen molar-refractivity contribution in [3.8, 4) is 0 Å². The highest BCUT2D eigenvalue weighted by molar-refractivity contribution is 6.30. The molecule has 176 valence electrons. The average Bonchev–Trinajstić information content (AvgIpc) is 2.76. The third-order valence-electron chi connectivity index (χ3n) is 5.52. The fourth-order valence-corrected chi connectivity index (χ4v) is 4.07. The lowest BCUT2D eigenvalue weighted by Gasteiger charge is -2.37.